The summed E-state index contributed by atoms with van der Waals surface area (Å²) in [6.07, 6.45) is 0. The van der Waals surface area contributed by atoms with E-state index in [1.807, 2.05) is 25.1 Å². The molecular weight excluding hydrogens is 264 g/mol. The van der Waals surface area contributed by atoms with Gasteiger partial charge in [0.05, 0.1) is 5.75 Å². The predicted molar refractivity (Wildman–Crippen MR) is 74.6 cm³/mol. The zero-order valence-corrected chi connectivity index (χ0v) is 11.5. The Kier molecular flexibility index (Phi) is 3.80. The van der Waals surface area contributed by atoms with Gasteiger partial charge in [0.15, 0.2) is 0 Å². The summed E-state index contributed by atoms with van der Waals surface area (Å²) in [5.41, 5.74) is 6.97. The van der Waals surface area contributed by atoms with E-state index in [0.717, 1.165) is 15.2 Å². The Labute approximate surface area is 114 Å². The number of anilines is 1. The Morgan fingerprint density at radius 3 is 2.79 bits per heavy atom. The van der Waals surface area contributed by atoms with Crippen LogP contribution in [-0.2, 0) is 0 Å². The Balaban J connectivity index is 2.11. The molecule has 6 heteroatoms. The predicted octanol–water partition coefficient (Wildman–Crippen LogP) is 2.07. The zero-order valence-electron chi connectivity index (χ0n) is 10.7. The van der Waals surface area contributed by atoms with Crippen LogP contribution in [0.1, 0.15) is 16.1 Å². The van der Waals surface area contributed by atoms with E-state index < -0.39 is 5.56 Å². The maximum absolute atomic E-state index is 11.9. The first-order chi connectivity index (χ1) is 8.99. The summed E-state index contributed by atoms with van der Waals surface area (Å²) in [6, 6.07) is 6.81. The van der Waals surface area contributed by atoms with Crippen LogP contribution in [0.15, 0.2) is 38.5 Å². The first kappa shape index (κ1) is 13.5. The minimum atomic E-state index is -0.438. The third-order valence-corrected chi connectivity index (χ3v) is 3.81. The molecule has 1 heterocycles. The lowest BCUT2D eigenvalue weighted by Crippen LogP contribution is -2.23. The maximum atomic E-state index is 11.9. The van der Waals surface area contributed by atoms with Crippen LogP contribution >= 0.6 is 11.8 Å². The number of hydrogen-bond donors (Lipinski definition) is 1. The molecule has 0 aliphatic carbocycles. The molecule has 19 heavy (non-hydrogen) atoms. The van der Waals surface area contributed by atoms with Crippen LogP contribution in [0.3, 0.4) is 0 Å². The number of aromatic nitrogens is 1. The van der Waals surface area contributed by atoms with Crippen molar-refractivity contribution < 1.29 is 9.32 Å². The minimum Gasteiger partial charge on any atom is -0.398 e. The highest BCUT2D eigenvalue weighted by Gasteiger charge is 2.13. The number of nitrogens with zero attached hydrogens (tertiary/aromatic N) is 1. The lowest BCUT2D eigenvalue weighted by atomic mass is 10.2. The van der Waals surface area contributed by atoms with E-state index in [4.69, 9.17) is 10.3 Å². The molecule has 0 fully saturated rings. The maximum Gasteiger partial charge on any atom is 0.290 e. The largest absolute Gasteiger partial charge is 0.398 e. The number of hydrogen-bond acceptors (Lipinski definition) is 5. The standard InChI is InChI=1S/C13H14N2O3S/c1-8-6-12(16)15(18-8)13(17)7-19-11-5-3-4-10(14)9(11)2/h3-6H,7,14H2,1-2H3. The SMILES string of the molecule is Cc1cc(=O)n(C(=O)CSc2cccc(N)c2C)o1. The molecule has 0 saturated heterocycles. The van der Waals surface area contributed by atoms with Gasteiger partial charge in [-0.05, 0) is 31.5 Å². The Morgan fingerprint density at radius 2 is 2.16 bits per heavy atom. The van der Waals surface area contributed by atoms with Crippen molar-refractivity contribution in [2.45, 2.75) is 18.7 Å². The van der Waals surface area contributed by atoms with Crippen molar-refractivity contribution in [3.05, 3.63) is 45.9 Å². The molecule has 0 bridgehead atoms. The summed E-state index contributed by atoms with van der Waals surface area (Å²) >= 11 is 1.33. The molecule has 0 atom stereocenters. The zero-order chi connectivity index (χ0) is 14.0. The summed E-state index contributed by atoms with van der Waals surface area (Å²) in [6.45, 7) is 3.52. The van der Waals surface area contributed by atoms with Gasteiger partial charge in [-0.15, -0.1) is 16.5 Å². The molecule has 0 amide bonds. The quantitative estimate of drug-likeness (QED) is 0.687. The molecular formula is C13H14N2O3S. The van der Waals surface area contributed by atoms with Crippen LogP contribution in [0.25, 0.3) is 0 Å². The van der Waals surface area contributed by atoms with E-state index in [1.165, 1.54) is 17.8 Å². The molecule has 2 rings (SSSR count). The number of rotatable bonds is 3. The van der Waals surface area contributed by atoms with E-state index >= 15 is 0 Å². The summed E-state index contributed by atoms with van der Waals surface area (Å²) in [7, 11) is 0. The first-order valence-electron chi connectivity index (χ1n) is 5.70. The minimum absolute atomic E-state index is 0.122. The van der Waals surface area contributed by atoms with Gasteiger partial charge in [0.2, 0.25) is 0 Å². The molecule has 0 saturated carbocycles. The van der Waals surface area contributed by atoms with Gasteiger partial charge in [0, 0.05) is 16.6 Å². The number of aryl methyl sites for hydroxylation is 1. The monoisotopic (exact) mass is 278 g/mol. The summed E-state index contributed by atoms with van der Waals surface area (Å²) in [5.74, 6) is 0.158. The van der Waals surface area contributed by atoms with Gasteiger partial charge in [-0.1, -0.05) is 6.07 Å². The second-order valence-electron chi connectivity index (χ2n) is 4.13. The topological polar surface area (TPSA) is 78.2 Å². The molecule has 2 N–H and O–H groups in total. The van der Waals surface area contributed by atoms with Crippen molar-refractivity contribution in [3.63, 3.8) is 0 Å². The van der Waals surface area contributed by atoms with Crippen molar-refractivity contribution >= 4 is 23.4 Å². The average molecular weight is 278 g/mol. The summed E-state index contributed by atoms with van der Waals surface area (Å²) in [5, 5.41) is 0. The van der Waals surface area contributed by atoms with Gasteiger partial charge in [-0.25, -0.2) is 0 Å². The van der Waals surface area contributed by atoms with Crippen LogP contribution < -0.4 is 11.3 Å². The lowest BCUT2D eigenvalue weighted by Gasteiger charge is -2.06. The molecule has 5 nitrogen and oxygen atoms in total. The van der Waals surface area contributed by atoms with E-state index in [0.29, 0.717) is 11.4 Å². The molecule has 2 aromatic rings. The van der Waals surface area contributed by atoms with E-state index in [1.54, 1.807) is 6.92 Å². The summed E-state index contributed by atoms with van der Waals surface area (Å²) < 4.78 is 5.82. The van der Waals surface area contributed by atoms with Crippen molar-refractivity contribution in [3.8, 4) is 0 Å². The van der Waals surface area contributed by atoms with Crippen molar-refractivity contribution in [2.24, 2.45) is 0 Å². The fraction of sp³-hybridized carbons (Fsp3) is 0.231. The third kappa shape index (κ3) is 2.90. The fourth-order valence-electron chi connectivity index (χ4n) is 1.61. The van der Waals surface area contributed by atoms with Gasteiger partial charge in [-0.2, -0.15) is 0 Å². The average Bonchev–Trinajstić information content (AvgIpc) is 2.70. The Bertz CT molecular complexity index is 673. The smallest absolute Gasteiger partial charge is 0.290 e. The molecule has 0 spiro atoms. The van der Waals surface area contributed by atoms with E-state index in [2.05, 4.69) is 0 Å². The molecule has 0 aliphatic heterocycles. The van der Waals surface area contributed by atoms with Crippen LogP contribution in [0, 0.1) is 13.8 Å². The second kappa shape index (κ2) is 5.36. The molecule has 0 unspecified atom stereocenters. The fourth-order valence-corrected chi connectivity index (χ4v) is 2.51. The third-order valence-electron chi connectivity index (χ3n) is 2.67. The van der Waals surface area contributed by atoms with Gasteiger partial charge in [0.25, 0.3) is 11.5 Å². The molecule has 100 valence electrons. The number of thioether (sulfide) groups is 1. The lowest BCUT2D eigenvalue weighted by molar-refractivity contribution is 0.0813. The number of carbonyl (C=O) groups excluding carboxylic acids is 1. The van der Waals surface area contributed by atoms with Gasteiger partial charge < -0.3 is 10.3 Å². The van der Waals surface area contributed by atoms with Crippen molar-refractivity contribution in [1.82, 2.24) is 4.74 Å². The normalized spacial score (nSPS) is 10.6. The highest BCUT2D eigenvalue weighted by molar-refractivity contribution is 8.00. The van der Waals surface area contributed by atoms with E-state index in [-0.39, 0.29) is 11.7 Å². The number of benzene rings is 1. The number of nitrogens with two attached hydrogens (primary N) is 1. The van der Waals surface area contributed by atoms with Gasteiger partial charge in [-0.3, -0.25) is 9.59 Å². The van der Waals surface area contributed by atoms with Crippen LogP contribution in [0.4, 0.5) is 5.69 Å². The number of carbonyl (C=O) groups is 1. The highest BCUT2D eigenvalue weighted by atomic mass is 32.2. The van der Waals surface area contributed by atoms with Crippen molar-refractivity contribution in [2.75, 3.05) is 11.5 Å². The van der Waals surface area contributed by atoms with Gasteiger partial charge in [0.1, 0.15) is 5.76 Å². The highest BCUT2D eigenvalue weighted by Crippen LogP contribution is 2.26. The Morgan fingerprint density at radius 1 is 1.42 bits per heavy atom. The molecule has 1 aromatic heterocycles. The van der Waals surface area contributed by atoms with Crippen LogP contribution in [-0.4, -0.2) is 16.4 Å². The van der Waals surface area contributed by atoms with Crippen LogP contribution in [0.2, 0.25) is 0 Å². The molecule has 0 radical (unpaired) electrons. The summed E-state index contributed by atoms with van der Waals surface area (Å²) in [4.78, 5) is 24.2. The number of nitrogen functional groups attached to an aromatic ring is 1. The molecule has 0 aliphatic rings. The van der Waals surface area contributed by atoms with E-state index in [9.17, 15) is 9.59 Å². The first-order valence-corrected chi connectivity index (χ1v) is 6.68. The van der Waals surface area contributed by atoms with Crippen LogP contribution in [0.5, 0.6) is 0 Å². The Hall–Kier alpha value is -1.95. The second-order valence-corrected chi connectivity index (χ2v) is 5.15. The molecule has 1 aromatic carbocycles. The van der Waals surface area contributed by atoms with Crippen molar-refractivity contribution in [1.29, 1.82) is 0 Å². The van der Waals surface area contributed by atoms with Gasteiger partial charge >= 0.3 is 0 Å².